The second-order valence-electron chi connectivity index (χ2n) is 4.85. The van der Waals surface area contributed by atoms with Gasteiger partial charge in [0, 0.05) is 6.61 Å². The molecule has 2 rings (SSSR count). The number of hydrogen-bond acceptors (Lipinski definition) is 6. The van der Waals surface area contributed by atoms with Crippen LogP contribution in [0.25, 0.3) is 0 Å². The first-order chi connectivity index (χ1) is 9.10. The average molecular weight is 268 g/mol. The van der Waals surface area contributed by atoms with Crippen molar-refractivity contribution in [2.45, 2.75) is 51.6 Å². The minimum Gasteiger partial charge on any atom is -0.465 e. The first-order valence-electron chi connectivity index (χ1n) is 6.75. The summed E-state index contributed by atoms with van der Waals surface area (Å²) in [4.78, 5) is 16.1. The lowest BCUT2D eigenvalue weighted by Crippen LogP contribution is -2.22. The molecule has 1 aliphatic heterocycles. The SMILES string of the molecule is CCOC(=O)C(CC)c1nc(C2(C)CCCO2)no1. The third-order valence-corrected chi connectivity index (χ3v) is 3.41. The van der Waals surface area contributed by atoms with Crippen LogP contribution in [0.5, 0.6) is 0 Å². The van der Waals surface area contributed by atoms with Gasteiger partial charge in [0.05, 0.1) is 6.61 Å². The van der Waals surface area contributed by atoms with Crippen LogP contribution in [-0.4, -0.2) is 29.3 Å². The Morgan fingerprint density at radius 1 is 1.53 bits per heavy atom. The predicted octanol–water partition coefficient (Wildman–Crippen LogP) is 2.15. The van der Waals surface area contributed by atoms with E-state index in [0.29, 0.717) is 31.3 Å². The van der Waals surface area contributed by atoms with Crippen molar-refractivity contribution in [1.29, 1.82) is 0 Å². The van der Waals surface area contributed by atoms with Crippen LogP contribution in [0.2, 0.25) is 0 Å². The van der Waals surface area contributed by atoms with Gasteiger partial charge in [0.15, 0.2) is 0 Å². The van der Waals surface area contributed by atoms with Gasteiger partial charge < -0.3 is 14.0 Å². The summed E-state index contributed by atoms with van der Waals surface area (Å²) in [6.07, 6.45) is 2.41. The van der Waals surface area contributed by atoms with Crippen LogP contribution in [0.1, 0.15) is 57.7 Å². The van der Waals surface area contributed by atoms with Gasteiger partial charge in [-0.15, -0.1) is 0 Å². The molecule has 0 N–H and O–H groups in total. The monoisotopic (exact) mass is 268 g/mol. The third kappa shape index (κ3) is 2.78. The summed E-state index contributed by atoms with van der Waals surface area (Å²) in [6.45, 7) is 6.66. The van der Waals surface area contributed by atoms with Crippen molar-refractivity contribution in [3.05, 3.63) is 11.7 Å². The van der Waals surface area contributed by atoms with Gasteiger partial charge >= 0.3 is 5.97 Å². The van der Waals surface area contributed by atoms with Gasteiger partial charge in [0.2, 0.25) is 11.7 Å². The molecule has 0 bridgehead atoms. The third-order valence-electron chi connectivity index (χ3n) is 3.41. The number of hydrogen-bond donors (Lipinski definition) is 0. The van der Waals surface area contributed by atoms with E-state index in [1.54, 1.807) is 6.92 Å². The molecule has 6 heteroatoms. The molecule has 6 nitrogen and oxygen atoms in total. The molecule has 0 radical (unpaired) electrons. The Hall–Kier alpha value is -1.43. The number of nitrogens with zero attached hydrogens (tertiary/aromatic N) is 2. The molecule has 0 amide bonds. The maximum absolute atomic E-state index is 11.8. The molecular weight excluding hydrogens is 248 g/mol. The second-order valence-corrected chi connectivity index (χ2v) is 4.85. The Labute approximate surface area is 112 Å². The van der Waals surface area contributed by atoms with Crippen LogP contribution >= 0.6 is 0 Å². The smallest absolute Gasteiger partial charge is 0.318 e. The zero-order valence-electron chi connectivity index (χ0n) is 11.6. The number of rotatable bonds is 5. The molecule has 1 aromatic heterocycles. The highest BCUT2D eigenvalue weighted by Crippen LogP contribution is 2.34. The molecule has 1 fully saturated rings. The second kappa shape index (κ2) is 5.69. The molecule has 1 aromatic rings. The van der Waals surface area contributed by atoms with Gasteiger partial charge in [-0.2, -0.15) is 4.98 Å². The number of carbonyl (C=O) groups excluding carboxylic acids is 1. The van der Waals surface area contributed by atoms with E-state index in [0.717, 1.165) is 12.8 Å². The van der Waals surface area contributed by atoms with Gasteiger partial charge in [0.25, 0.3) is 0 Å². The largest absolute Gasteiger partial charge is 0.465 e. The lowest BCUT2D eigenvalue weighted by atomic mass is 10.0. The molecule has 0 spiro atoms. The van der Waals surface area contributed by atoms with Crippen LogP contribution in [0, 0.1) is 0 Å². The van der Waals surface area contributed by atoms with Crippen molar-refractivity contribution in [2.24, 2.45) is 0 Å². The topological polar surface area (TPSA) is 74.5 Å². The molecule has 19 heavy (non-hydrogen) atoms. The number of ether oxygens (including phenoxy) is 2. The molecule has 2 unspecified atom stereocenters. The standard InChI is InChI=1S/C13H20N2O4/c1-4-9(11(16)17-5-2)10-14-12(15-19-10)13(3)7-6-8-18-13/h9H,4-8H2,1-3H3. The number of esters is 1. The first kappa shape index (κ1) is 14.0. The number of aromatic nitrogens is 2. The van der Waals surface area contributed by atoms with Crippen LogP contribution in [-0.2, 0) is 19.9 Å². The fourth-order valence-corrected chi connectivity index (χ4v) is 2.23. The maximum atomic E-state index is 11.8. The van der Waals surface area contributed by atoms with Gasteiger partial charge in [-0.25, -0.2) is 0 Å². The summed E-state index contributed by atoms with van der Waals surface area (Å²) in [7, 11) is 0. The van der Waals surface area contributed by atoms with Gasteiger partial charge in [-0.05, 0) is 33.1 Å². The van der Waals surface area contributed by atoms with Gasteiger partial charge in [0.1, 0.15) is 11.5 Å². The summed E-state index contributed by atoms with van der Waals surface area (Å²) >= 11 is 0. The Morgan fingerprint density at radius 3 is 2.89 bits per heavy atom. The lowest BCUT2D eigenvalue weighted by molar-refractivity contribution is -0.145. The summed E-state index contributed by atoms with van der Waals surface area (Å²) < 4.78 is 15.9. The van der Waals surface area contributed by atoms with Gasteiger partial charge in [-0.1, -0.05) is 12.1 Å². The summed E-state index contributed by atoms with van der Waals surface area (Å²) in [5.74, 6) is 0.0133. The minimum absolute atomic E-state index is 0.313. The lowest BCUT2D eigenvalue weighted by Gasteiger charge is -2.17. The molecule has 1 saturated heterocycles. The van der Waals surface area contributed by atoms with E-state index >= 15 is 0 Å². The van der Waals surface area contributed by atoms with Crippen molar-refractivity contribution in [2.75, 3.05) is 13.2 Å². The molecule has 0 saturated carbocycles. The van der Waals surface area contributed by atoms with Crippen molar-refractivity contribution in [3.8, 4) is 0 Å². The number of carbonyl (C=O) groups is 1. The minimum atomic E-state index is -0.494. The quantitative estimate of drug-likeness (QED) is 0.762. The van der Waals surface area contributed by atoms with E-state index < -0.39 is 11.5 Å². The molecule has 0 aliphatic carbocycles. The van der Waals surface area contributed by atoms with Crippen molar-refractivity contribution >= 4 is 5.97 Å². The van der Waals surface area contributed by atoms with E-state index in [4.69, 9.17) is 14.0 Å². The fraction of sp³-hybridized carbons (Fsp3) is 0.769. The Morgan fingerprint density at radius 2 is 2.32 bits per heavy atom. The van der Waals surface area contributed by atoms with Crippen LogP contribution in [0.4, 0.5) is 0 Å². The van der Waals surface area contributed by atoms with Crippen molar-refractivity contribution < 1.29 is 18.8 Å². The van der Waals surface area contributed by atoms with Crippen LogP contribution < -0.4 is 0 Å². The Kier molecular flexibility index (Phi) is 4.19. The van der Waals surface area contributed by atoms with Crippen molar-refractivity contribution in [3.63, 3.8) is 0 Å². The zero-order valence-corrected chi connectivity index (χ0v) is 11.6. The Bertz CT molecular complexity index is 438. The summed E-state index contributed by atoms with van der Waals surface area (Å²) in [6, 6.07) is 0. The first-order valence-corrected chi connectivity index (χ1v) is 6.75. The molecule has 2 heterocycles. The van der Waals surface area contributed by atoms with Crippen LogP contribution in [0.3, 0.4) is 0 Å². The predicted molar refractivity (Wildman–Crippen MR) is 66.5 cm³/mol. The van der Waals surface area contributed by atoms with Crippen molar-refractivity contribution in [1.82, 2.24) is 10.1 Å². The zero-order chi connectivity index (χ0) is 13.9. The molecule has 0 aromatic carbocycles. The highest BCUT2D eigenvalue weighted by molar-refractivity contribution is 5.76. The van der Waals surface area contributed by atoms with Gasteiger partial charge in [-0.3, -0.25) is 4.79 Å². The normalized spacial score (nSPS) is 24.4. The Balaban J connectivity index is 2.17. The van der Waals surface area contributed by atoms with E-state index in [1.165, 1.54) is 0 Å². The molecule has 106 valence electrons. The maximum Gasteiger partial charge on any atom is 0.318 e. The van der Waals surface area contributed by atoms with E-state index in [9.17, 15) is 4.79 Å². The summed E-state index contributed by atoms with van der Waals surface area (Å²) in [5.41, 5.74) is -0.491. The molecular formula is C13H20N2O4. The highest BCUT2D eigenvalue weighted by Gasteiger charge is 2.38. The molecule has 1 aliphatic rings. The van der Waals surface area contributed by atoms with E-state index in [2.05, 4.69) is 10.1 Å². The molecule has 2 atom stereocenters. The van der Waals surface area contributed by atoms with Crippen LogP contribution in [0.15, 0.2) is 4.52 Å². The fourth-order valence-electron chi connectivity index (χ4n) is 2.23. The summed E-state index contributed by atoms with van der Waals surface area (Å²) in [5, 5.41) is 3.96. The van der Waals surface area contributed by atoms with E-state index in [-0.39, 0.29) is 5.97 Å². The van der Waals surface area contributed by atoms with E-state index in [1.807, 2.05) is 13.8 Å². The highest BCUT2D eigenvalue weighted by atomic mass is 16.5. The average Bonchev–Trinajstić information content (AvgIpc) is 3.01.